The van der Waals surface area contributed by atoms with Gasteiger partial charge < -0.3 is 10.2 Å². The molecule has 1 saturated carbocycles. The van der Waals surface area contributed by atoms with Gasteiger partial charge in [0, 0.05) is 26.7 Å². The topological polar surface area (TPSA) is 97.9 Å². The fraction of sp³-hybridized carbons (Fsp3) is 0.458. The standard InChI is InChI=1S/C24H29N7O2/c1-17-14-20(29(2)27-17)23(33)30-12-10-24(11-13-30)9-8-21(24)31-16-19(26-28-31)22(32)25-15-18-6-4-3-5-7-18/h3-7,14,16,21H,8-13,15H2,1-2H3,(H,25,32). The maximum atomic E-state index is 12.9. The van der Waals surface area contributed by atoms with Crippen LogP contribution < -0.4 is 5.32 Å². The van der Waals surface area contributed by atoms with Crippen LogP contribution in [-0.4, -0.2) is 54.6 Å². The van der Waals surface area contributed by atoms with E-state index in [0.717, 1.165) is 50.0 Å². The summed E-state index contributed by atoms with van der Waals surface area (Å²) < 4.78 is 3.52. The number of aryl methyl sites for hydroxylation is 2. The number of nitrogens with zero attached hydrogens (tertiary/aromatic N) is 6. The zero-order valence-corrected chi connectivity index (χ0v) is 19.1. The Labute approximate surface area is 192 Å². The van der Waals surface area contributed by atoms with Crippen molar-refractivity contribution in [2.45, 2.75) is 45.2 Å². The number of piperidine rings is 1. The first-order valence-corrected chi connectivity index (χ1v) is 11.5. The van der Waals surface area contributed by atoms with Gasteiger partial charge in [-0.25, -0.2) is 4.68 Å². The highest BCUT2D eigenvalue weighted by Gasteiger charge is 2.50. The van der Waals surface area contributed by atoms with Crippen molar-refractivity contribution in [1.29, 1.82) is 0 Å². The molecule has 1 unspecified atom stereocenters. The molecule has 2 amide bonds. The second-order valence-corrected chi connectivity index (χ2v) is 9.26. The van der Waals surface area contributed by atoms with Gasteiger partial charge in [-0.15, -0.1) is 5.10 Å². The van der Waals surface area contributed by atoms with Crippen LogP contribution in [-0.2, 0) is 13.6 Å². The molecule has 1 aromatic carbocycles. The highest BCUT2D eigenvalue weighted by Crippen LogP contribution is 2.56. The highest BCUT2D eigenvalue weighted by molar-refractivity contribution is 5.93. The number of hydrogen-bond acceptors (Lipinski definition) is 5. The summed E-state index contributed by atoms with van der Waals surface area (Å²) in [4.78, 5) is 27.4. The predicted octanol–water partition coefficient (Wildman–Crippen LogP) is 2.51. The van der Waals surface area contributed by atoms with Crippen LogP contribution in [0.5, 0.6) is 0 Å². The number of hydrogen-bond donors (Lipinski definition) is 1. The van der Waals surface area contributed by atoms with Crippen molar-refractivity contribution >= 4 is 11.8 Å². The first-order valence-electron chi connectivity index (χ1n) is 11.5. The number of carbonyl (C=O) groups excluding carboxylic acids is 2. The number of aromatic nitrogens is 5. The average molecular weight is 448 g/mol. The molecule has 1 aliphatic carbocycles. The predicted molar refractivity (Wildman–Crippen MR) is 121 cm³/mol. The van der Waals surface area contributed by atoms with E-state index in [1.54, 1.807) is 10.9 Å². The van der Waals surface area contributed by atoms with Crippen molar-refractivity contribution in [3.63, 3.8) is 0 Å². The van der Waals surface area contributed by atoms with Crippen molar-refractivity contribution in [1.82, 2.24) is 35.0 Å². The third kappa shape index (κ3) is 4.03. The lowest BCUT2D eigenvalue weighted by Crippen LogP contribution is -2.51. The van der Waals surface area contributed by atoms with Crippen molar-refractivity contribution in [3.8, 4) is 0 Å². The number of carbonyl (C=O) groups is 2. The summed E-state index contributed by atoms with van der Waals surface area (Å²) in [5.41, 5.74) is 2.98. The zero-order valence-electron chi connectivity index (χ0n) is 19.1. The summed E-state index contributed by atoms with van der Waals surface area (Å²) in [7, 11) is 1.81. The summed E-state index contributed by atoms with van der Waals surface area (Å²) in [6.45, 7) is 3.80. The van der Waals surface area contributed by atoms with E-state index in [9.17, 15) is 9.59 Å². The second-order valence-electron chi connectivity index (χ2n) is 9.26. The lowest BCUT2D eigenvalue weighted by Gasteiger charge is -2.53. The first-order chi connectivity index (χ1) is 15.9. The van der Waals surface area contributed by atoms with Gasteiger partial charge in [0.25, 0.3) is 11.8 Å². The number of nitrogens with one attached hydrogen (secondary N) is 1. The third-order valence-corrected chi connectivity index (χ3v) is 7.25. The van der Waals surface area contributed by atoms with Crippen LogP contribution in [0.15, 0.2) is 42.6 Å². The van der Waals surface area contributed by atoms with Crippen molar-refractivity contribution < 1.29 is 9.59 Å². The number of likely N-dealkylation sites (tertiary alicyclic amines) is 1. The monoisotopic (exact) mass is 447 g/mol. The van der Waals surface area contributed by atoms with Crippen LogP contribution in [0.2, 0.25) is 0 Å². The minimum Gasteiger partial charge on any atom is -0.347 e. The molecule has 3 aromatic rings. The highest BCUT2D eigenvalue weighted by atomic mass is 16.2. The Morgan fingerprint density at radius 3 is 2.55 bits per heavy atom. The Hall–Kier alpha value is -3.49. The Balaban J connectivity index is 1.20. The summed E-state index contributed by atoms with van der Waals surface area (Å²) in [6.07, 6.45) is 5.75. The minimum absolute atomic E-state index is 0.0435. The molecule has 1 spiro atoms. The summed E-state index contributed by atoms with van der Waals surface area (Å²) >= 11 is 0. The fourth-order valence-corrected chi connectivity index (χ4v) is 5.21. The SMILES string of the molecule is Cc1cc(C(=O)N2CCC3(CCC3n3cc(C(=O)NCc4ccccc4)nn3)CC2)n(C)n1. The van der Waals surface area contributed by atoms with Gasteiger partial charge >= 0.3 is 0 Å². The van der Waals surface area contributed by atoms with Gasteiger partial charge in [0.05, 0.1) is 17.9 Å². The molecule has 1 atom stereocenters. The summed E-state index contributed by atoms with van der Waals surface area (Å²) in [5.74, 6) is -0.174. The maximum Gasteiger partial charge on any atom is 0.273 e. The number of benzene rings is 1. The molecular weight excluding hydrogens is 418 g/mol. The van der Waals surface area contributed by atoms with Gasteiger partial charge in [-0.3, -0.25) is 14.3 Å². The van der Waals surface area contributed by atoms with Crippen molar-refractivity contribution in [3.05, 3.63) is 65.2 Å². The molecule has 33 heavy (non-hydrogen) atoms. The van der Waals surface area contributed by atoms with E-state index in [-0.39, 0.29) is 23.3 Å². The van der Waals surface area contributed by atoms with Gasteiger partial charge in [-0.05, 0) is 49.7 Å². The number of amides is 2. The Kier molecular flexibility index (Phi) is 5.47. The fourth-order valence-electron chi connectivity index (χ4n) is 5.21. The molecule has 0 bridgehead atoms. The maximum absolute atomic E-state index is 12.9. The Morgan fingerprint density at radius 2 is 1.91 bits per heavy atom. The Morgan fingerprint density at radius 1 is 1.15 bits per heavy atom. The van der Waals surface area contributed by atoms with Gasteiger partial charge in [-0.1, -0.05) is 35.5 Å². The molecule has 5 rings (SSSR count). The van der Waals surface area contributed by atoms with Gasteiger partial charge in [0.1, 0.15) is 5.69 Å². The van der Waals surface area contributed by atoms with Gasteiger partial charge in [0.15, 0.2) is 5.69 Å². The molecular formula is C24H29N7O2. The lowest BCUT2D eigenvalue weighted by atomic mass is 9.59. The van der Waals surface area contributed by atoms with E-state index in [1.807, 2.05) is 60.0 Å². The van der Waals surface area contributed by atoms with E-state index in [2.05, 4.69) is 20.7 Å². The Bertz CT molecular complexity index is 1160. The minimum atomic E-state index is -0.217. The summed E-state index contributed by atoms with van der Waals surface area (Å²) in [6, 6.07) is 11.9. The van der Waals surface area contributed by atoms with E-state index < -0.39 is 0 Å². The van der Waals surface area contributed by atoms with Gasteiger partial charge in [-0.2, -0.15) is 5.10 Å². The van der Waals surface area contributed by atoms with Crippen molar-refractivity contribution in [2.75, 3.05) is 13.1 Å². The van der Waals surface area contributed by atoms with Crippen LogP contribution in [0.25, 0.3) is 0 Å². The molecule has 1 aliphatic heterocycles. The molecule has 9 nitrogen and oxygen atoms in total. The normalized spacial score (nSPS) is 19.3. The summed E-state index contributed by atoms with van der Waals surface area (Å²) in [5, 5.41) is 15.6. The van der Waals surface area contributed by atoms with E-state index in [0.29, 0.717) is 17.9 Å². The molecule has 172 valence electrons. The van der Waals surface area contributed by atoms with Crippen molar-refractivity contribution in [2.24, 2.45) is 12.5 Å². The molecule has 9 heteroatoms. The molecule has 1 saturated heterocycles. The second kappa shape index (κ2) is 8.46. The number of rotatable bonds is 5. The molecule has 2 fully saturated rings. The van der Waals surface area contributed by atoms with Crippen LogP contribution in [0.3, 0.4) is 0 Å². The molecule has 2 aliphatic rings. The van der Waals surface area contributed by atoms with Gasteiger partial charge in [0.2, 0.25) is 0 Å². The van der Waals surface area contributed by atoms with Crippen LogP contribution in [0.4, 0.5) is 0 Å². The van der Waals surface area contributed by atoms with E-state index in [4.69, 9.17) is 0 Å². The zero-order chi connectivity index (χ0) is 23.0. The molecule has 2 aromatic heterocycles. The van der Waals surface area contributed by atoms with Crippen LogP contribution in [0.1, 0.15) is 64.0 Å². The molecule has 0 radical (unpaired) electrons. The molecule has 3 heterocycles. The quantitative estimate of drug-likeness (QED) is 0.648. The van der Waals surface area contributed by atoms with E-state index in [1.165, 1.54) is 0 Å². The third-order valence-electron chi connectivity index (χ3n) is 7.25. The first kappa shape index (κ1) is 21.4. The smallest absolute Gasteiger partial charge is 0.273 e. The van der Waals surface area contributed by atoms with Crippen LogP contribution >= 0.6 is 0 Å². The molecule has 1 N–H and O–H groups in total. The largest absolute Gasteiger partial charge is 0.347 e. The van der Waals surface area contributed by atoms with Crippen LogP contribution in [0, 0.1) is 12.3 Å². The lowest BCUT2D eigenvalue weighted by molar-refractivity contribution is -0.0270. The average Bonchev–Trinajstić information content (AvgIpc) is 3.43. The van der Waals surface area contributed by atoms with E-state index >= 15 is 0 Å².